The molecular formula is C10H14N4. The Morgan fingerprint density at radius 3 is 3.00 bits per heavy atom. The number of fused-ring (bicyclic) bond motifs is 1. The van der Waals surface area contributed by atoms with E-state index in [0.717, 1.165) is 18.0 Å². The Kier molecular flexibility index (Phi) is 2.45. The average Bonchev–Trinajstić information content (AvgIpc) is 2.57. The molecule has 2 rings (SSSR count). The summed E-state index contributed by atoms with van der Waals surface area (Å²) in [5.41, 5.74) is 0.896. The molecule has 0 unspecified atom stereocenters. The number of nitrogens with zero attached hydrogens (tertiary/aromatic N) is 3. The van der Waals surface area contributed by atoms with Crippen LogP contribution in [0.15, 0.2) is 24.4 Å². The first kappa shape index (κ1) is 9.15. The molecule has 0 saturated heterocycles. The molecule has 14 heavy (non-hydrogen) atoms. The van der Waals surface area contributed by atoms with Crippen LogP contribution in [-0.4, -0.2) is 20.6 Å². The summed E-state index contributed by atoms with van der Waals surface area (Å²) in [7, 11) is 0. The largest absolute Gasteiger partial charge is 0.308 e. The second-order valence-electron chi connectivity index (χ2n) is 3.57. The first-order chi connectivity index (χ1) is 6.75. The fourth-order valence-electron chi connectivity index (χ4n) is 1.25. The molecule has 2 aromatic heterocycles. The lowest BCUT2D eigenvalue weighted by atomic mass is 10.4. The van der Waals surface area contributed by atoms with Crippen molar-refractivity contribution in [1.82, 2.24) is 19.9 Å². The van der Waals surface area contributed by atoms with Gasteiger partial charge in [0.2, 0.25) is 0 Å². The van der Waals surface area contributed by atoms with Gasteiger partial charge in [-0.2, -0.15) is 0 Å². The van der Waals surface area contributed by atoms with Crippen molar-refractivity contribution in [2.24, 2.45) is 0 Å². The highest BCUT2D eigenvalue weighted by molar-refractivity contribution is 5.36. The Morgan fingerprint density at radius 2 is 2.29 bits per heavy atom. The first-order valence-electron chi connectivity index (χ1n) is 4.79. The number of hydrogen-bond donors (Lipinski definition) is 1. The monoisotopic (exact) mass is 190 g/mol. The Hall–Kier alpha value is -1.42. The van der Waals surface area contributed by atoms with Gasteiger partial charge < -0.3 is 5.32 Å². The van der Waals surface area contributed by atoms with E-state index in [1.807, 2.05) is 24.4 Å². The van der Waals surface area contributed by atoms with Crippen LogP contribution >= 0.6 is 0 Å². The summed E-state index contributed by atoms with van der Waals surface area (Å²) in [5, 5.41) is 7.61. The lowest BCUT2D eigenvalue weighted by molar-refractivity contribution is 0.572. The van der Waals surface area contributed by atoms with Gasteiger partial charge in [-0.15, -0.1) is 5.10 Å². The van der Waals surface area contributed by atoms with Gasteiger partial charge in [0.1, 0.15) is 0 Å². The molecule has 4 nitrogen and oxygen atoms in total. The minimum absolute atomic E-state index is 0.460. The highest BCUT2D eigenvalue weighted by atomic mass is 15.3. The van der Waals surface area contributed by atoms with E-state index in [-0.39, 0.29) is 0 Å². The van der Waals surface area contributed by atoms with Gasteiger partial charge in [0.05, 0.1) is 6.54 Å². The van der Waals surface area contributed by atoms with Gasteiger partial charge >= 0.3 is 0 Å². The fourth-order valence-corrected chi connectivity index (χ4v) is 1.25. The highest BCUT2D eigenvalue weighted by Gasteiger charge is 2.02. The third-order valence-corrected chi connectivity index (χ3v) is 1.95. The van der Waals surface area contributed by atoms with E-state index in [1.54, 1.807) is 4.52 Å². The molecule has 74 valence electrons. The predicted octanol–water partition coefficient (Wildman–Crippen LogP) is 1.23. The Bertz CT molecular complexity index is 386. The lowest BCUT2D eigenvalue weighted by Crippen LogP contribution is -2.22. The molecule has 4 heteroatoms. The van der Waals surface area contributed by atoms with Crippen LogP contribution in [0, 0.1) is 0 Å². The molecule has 1 N–H and O–H groups in total. The normalized spacial score (nSPS) is 11.4. The second-order valence-corrected chi connectivity index (χ2v) is 3.57. The van der Waals surface area contributed by atoms with E-state index < -0.39 is 0 Å². The molecule has 0 aromatic carbocycles. The van der Waals surface area contributed by atoms with E-state index in [0.29, 0.717) is 6.04 Å². The maximum atomic E-state index is 4.37. The number of hydrogen-bond acceptors (Lipinski definition) is 3. The standard InChI is InChI=1S/C10H14N4/c1-8(2)11-7-9-12-10-5-3-4-6-14(10)13-9/h3-6,8,11H,7H2,1-2H3. The molecule has 2 aromatic rings. The average molecular weight is 190 g/mol. The summed E-state index contributed by atoms with van der Waals surface area (Å²) < 4.78 is 1.79. The molecule has 0 fully saturated rings. The van der Waals surface area contributed by atoms with Crippen LogP contribution in [0.1, 0.15) is 19.7 Å². The molecule has 0 spiro atoms. The predicted molar refractivity (Wildman–Crippen MR) is 55.0 cm³/mol. The number of aromatic nitrogens is 3. The van der Waals surface area contributed by atoms with Crippen molar-refractivity contribution >= 4 is 5.65 Å². The lowest BCUT2D eigenvalue weighted by Gasteiger charge is -2.03. The highest BCUT2D eigenvalue weighted by Crippen LogP contribution is 1.99. The van der Waals surface area contributed by atoms with E-state index in [2.05, 4.69) is 29.2 Å². The summed E-state index contributed by atoms with van der Waals surface area (Å²) in [6.45, 7) is 4.94. The summed E-state index contributed by atoms with van der Waals surface area (Å²) in [6, 6.07) is 6.32. The third-order valence-electron chi connectivity index (χ3n) is 1.95. The van der Waals surface area contributed by atoms with Crippen LogP contribution in [0.5, 0.6) is 0 Å². The van der Waals surface area contributed by atoms with E-state index in [1.165, 1.54) is 0 Å². The van der Waals surface area contributed by atoms with Gasteiger partial charge in [-0.3, -0.25) is 0 Å². The van der Waals surface area contributed by atoms with Gasteiger partial charge in [-0.05, 0) is 12.1 Å². The number of pyridine rings is 1. The summed E-state index contributed by atoms with van der Waals surface area (Å²) in [6.07, 6.45) is 1.90. The summed E-state index contributed by atoms with van der Waals surface area (Å²) in [5.74, 6) is 0.838. The van der Waals surface area contributed by atoms with Crippen molar-refractivity contribution < 1.29 is 0 Å². The first-order valence-corrected chi connectivity index (χ1v) is 4.79. The van der Waals surface area contributed by atoms with Gasteiger partial charge in [0, 0.05) is 12.2 Å². The van der Waals surface area contributed by atoms with Crippen LogP contribution in [0.2, 0.25) is 0 Å². The molecule has 0 amide bonds. The van der Waals surface area contributed by atoms with Gasteiger partial charge in [0.25, 0.3) is 0 Å². The molecule has 0 radical (unpaired) electrons. The zero-order valence-corrected chi connectivity index (χ0v) is 8.44. The Balaban J connectivity index is 2.19. The zero-order chi connectivity index (χ0) is 9.97. The zero-order valence-electron chi connectivity index (χ0n) is 8.44. The van der Waals surface area contributed by atoms with Crippen LogP contribution in [0.25, 0.3) is 5.65 Å². The second kappa shape index (κ2) is 3.75. The van der Waals surface area contributed by atoms with E-state index in [9.17, 15) is 0 Å². The molecule has 0 aliphatic rings. The maximum absolute atomic E-state index is 4.37. The molecule has 0 aliphatic carbocycles. The van der Waals surface area contributed by atoms with Crippen LogP contribution in [0.4, 0.5) is 0 Å². The van der Waals surface area contributed by atoms with Gasteiger partial charge in [-0.25, -0.2) is 9.50 Å². The topological polar surface area (TPSA) is 42.2 Å². The van der Waals surface area contributed by atoms with E-state index >= 15 is 0 Å². The van der Waals surface area contributed by atoms with Crippen molar-refractivity contribution in [3.05, 3.63) is 30.2 Å². The van der Waals surface area contributed by atoms with Crippen molar-refractivity contribution in [2.45, 2.75) is 26.4 Å². The minimum atomic E-state index is 0.460. The SMILES string of the molecule is CC(C)NCc1nc2ccccn2n1. The van der Waals surface area contributed by atoms with Crippen molar-refractivity contribution in [3.63, 3.8) is 0 Å². The van der Waals surface area contributed by atoms with Crippen molar-refractivity contribution in [1.29, 1.82) is 0 Å². The molecule has 0 saturated carbocycles. The summed E-state index contributed by atoms with van der Waals surface area (Å²) >= 11 is 0. The Labute approximate surface area is 83.0 Å². The number of rotatable bonds is 3. The smallest absolute Gasteiger partial charge is 0.165 e. The van der Waals surface area contributed by atoms with Gasteiger partial charge in [-0.1, -0.05) is 19.9 Å². The minimum Gasteiger partial charge on any atom is -0.308 e. The summed E-state index contributed by atoms with van der Waals surface area (Å²) in [4.78, 5) is 4.37. The van der Waals surface area contributed by atoms with Crippen LogP contribution < -0.4 is 5.32 Å². The number of nitrogens with one attached hydrogen (secondary N) is 1. The molecular weight excluding hydrogens is 176 g/mol. The molecule has 0 aliphatic heterocycles. The third kappa shape index (κ3) is 1.90. The maximum Gasteiger partial charge on any atom is 0.165 e. The quantitative estimate of drug-likeness (QED) is 0.791. The van der Waals surface area contributed by atoms with Crippen LogP contribution in [-0.2, 0) is 6.54 Å². The van der Waals surface area contributed by atoms with Gasteiger partial charge in [0.15, 0.2) is 11.5 Å². The Morgan fingerprint density at radius 1 is 1.43 bits per heavy atom. The van der Waals surface area contributed by atoms with Crippen LogP contribution in [0.3, 0.4) is 0 Å². The molecule has 0 atom stereocenters. The fraction of sp³-hybridized carbons (Fsp3) is 0.400. The van der Waals surface area contributed by atoms with Crippen molar-refractivity contribution in [3.8, 4) is 0 Å². The van der Waals surface area contributed by atoms with Crippen molar-refractivity contribution in [2.75, 3.05) is 0 Å². The molecule has 0 bridgehead atoms. The van der Waals surface area contributed by atoms with E-state index in [4.69, 9.17) is 0 Å². The molecule has 2 heterocycles.